The van der Waals surface area contributed by atoms with Crippen molar-refractivity contribution in [2.24, 2.45) is 5.73 Å². The molecular formula is C14H16N2. The number of rotatable bonds is 3. The molecule has 0 fully saturated rings. The van der Waals surface area contributed by atoms with Gasteiger partial charge in [-0.2, -0.15) is 0 Å². The minimum Gasteiger partial charge on any atom is -0.330 e. The first-order valence-corrected chi connectivity index (χ1v) is 5.53. The molecule has 2 N–H and O–H groups in total. The molecule has 0 saturated heterocycles. The third kappa shape index (κ3) is 2.12. The number of pyridine rings is 1. The molecule has 82 valence electrons. The molecule has 0 aliphatic heterocycles. The van der Waals surface area contributed by atoms with E-state index in [0.29, 0.717) is 6.54 Å². The molecule has 1 aromatic carbocycles. The van der Waals surface area contributed by atoms with Crippen LogP contribution in [0.5, 0.6) is 0 Å². The van der Waals surface area contributed by atoms with E-state index in [9.17, 15) is 0 Å². The minimum absolute atomic E-state index is 0.677. The number of hydrogen-bond acceptors (Lipinski definition) is 2. The average molecular weight is 212 g/mol. The molecule has 2 nitrogen and oxygen atoms in total. The van der Waals surface area contributed by atoms with Crippen LogP contribution >= 0.6 is 0 Å². The van der Waals surface area contributed by atoms with E-state index in [-0.39, 0.29) is 0 Å². The highest BCUT2D eigenvalue weighted by Gasteiger charge is 2.06. The molecule has 2 rings (SSSR count). The number of nitrogens with zero attached hydrogens (tertiary/aromatic N) is 1. The van der Waals surface area contributed by atoms with E-state index in [1.54, 1.807) is 0 Å². The summed E-state index contributed by atoms with van der Waals surface area (Å²) in [4.78, 5) is 4.33. The summed E-state index contributed by atoms with van der Waals surface area (Å²) in [5.74, 6) is 0. The van der Waals surface area contributed by atoms with E-state index < -0.39 is 0 Å². The first-order valence-electron chi connectivity index (χ1n) is 5.53. The van der Waals surface area contributed by atoms with Crippen LogP contribution in [-0.4, -0.2) is 11.5 Å². The highest BCUT2D eigenvalue weighted by Crippen LogP contribution is 2.25. The van der Waals surface area contributed by atoms with Crippen molar-refractivity contribution in [2.45, 2.75) is 13.3 Å². The Morgan fingerprint density at radius 3 is 2.56 bits per heavy atom. The van der Waals surface area contributed by atoms with Crippen molar-refractivity contribution < 1.29 is 0 Å². The van der Waals surface area contributed by atoms with Crippen LogP contribution in [0.2, 0.25) is 0 Å². The third-order valence-corrected chi connectivity index (χ3v) is 2.73. The number of aromatic nitrogens is 1. The van der Waals surface area contributed by atoms with Crippen molar-refractivity contribution >= 4 is 0 Å². The highest BCUT2D eigenvalue weighted by atomic mass is 14.7. The number of nitrogens with two attached hydrogens (primary N) is 1. The Morgan fingerprint density at radius 1 is 1.06 bits per heavy atom. The molecule has 1 heterocycles. The Labute approximate surface area is 96.1 Å². The Kier molecular flexibility index (Phi) is 3.32. The van der Waals surface area contributed by atoms with Crippen LogP contribution < -0.4 is 5.73 Å². The Balaban J connectivity index is 2.51. The molecule has 0 aliphatic rings. The quantitative estimate of drug-likeness (QED) is 0.849. The lowest BCUT2D eigenvalue weighted by Gasteiger charge is -2.10. The van der Waals surface area contributed by atoms with Gasteiger partial charge in [0.15, 0.2) is 0 Å². The van der Waals surface area contributed by atoms with Crippen molar-refractivity contribution in [1.82, 2.24) is 4.98 Å². The fourth-order valence-electron chi connectivity index (χ4n) is 1.93. The lowest BCUT2D eigenvalue weighted by atomic mass is 9.97. The molecule has 2 heteroatoms. The molecule has 0 radical (unpaired) electrons. The molecule has 0 amide bonds. The van der Waals surface area contributed by atoms with Gasteiger partial charge in [0.1, 0.15) is 0 Å². The lowest BCUT2D eigenvalue weighted by Crippen LogP contribution is -2.04. The van der Waals surface area contributed by atoms with Crippen LogP contribution in [0.4, 0.5) is 0 Å². The van der Waals surface area contributed by atoms with Crippen LogP contribution in [0.1, 0.15) is 11.3 Å². The molecule has 16 heavy (non-hydrogen) atoms. The zero-order valence-corrected chi connectivity index (χ0v) is 9.48. The van der Waals surface area contributed by atoms with Gasteiger partial charge in [0.05, 0.1) is 0 Å². The predicted molar refractivity (Wildman–Crippen MR) is 67.2 cm³/mol. The number of aryl methyl sites for hydroxylation is 1. The zero-order valence-electron chi connectivity index (χ0n) is 9.48. The van der Waals surface area contributed by atoms with E-state index >= 15 is 0 Å². The van der Waals surface area contributed by atoms with Crippen molar-refractivity contribution in [3.05, 3.63) is 53.9 Å². The number of benzene rings is 1. The highest BCUT2D eigenvalue weighted by molar-refractivity contribution is 5.69. The topological polar surface area (TPSA) is 38.9 Å². The molecule has 0 bridgehead atoms. The average Bonchev–Trinajstić information content (AvgIpc) is 2.31. The second-order valence-electron chi connectivity index (χ2n) is 3.83. The van der Waals surface area contributed by atoms with Crippen LogP contribution in [0.25, 0.3) is 11.1 Å². The van der Waals surface area contributed by atoms with Crippen molar-refractivity contribution in [1.29, 1.82) is 0 Å². The largest absolute Gasteiger partial charge is 0.330 e. The minimum atomic E-state index is 0.677. The van der Waals surface area contributed by atoms with E-state index in [0.717, 1.165) is 12.1 Å². The SMILES string of the molecule is Cc1ncccc1-c1ccccc1CCN. The van der Waals surface area contributed by atoms with Crippen LogP contribution in [0, 0.1) is 6.92 Å². The summed E-state index contributed by atoms with van der Waals surface area (Å²) in [6.45, 7) is 2.71. The van der Waals surface area contributed by atoms with Gasteiger partial charge in [-0.25, -0.2) is 0 Å². The second kappa shape index (κ2) is 4.90. The smallest absolute Gasteiger partial charge is 0.0451 e. The monoisotopic (exact) mass is 212 g/mol. The molecule has 0 spiro atoms. The molecule has 2 aromatic rings. The van der Waals surface area contributed by atoms with Crippen LogP contribution in [0.15, 0.2) is 42.6 Å². The van der Waals surface area contributed by atoms with Gasteiger partial charge in [0.25, 0.3) is 0 Å². The van der Waals surface area contributed by atoms with Gasteiger partial charge in [0, 0.05) is 17.5 Å². The summed E-state index contributed by atoms with van der Waals surface area (Å²) in [7, 11) is 0. The first kappa shape index (κ1) is 10.8. The van der Waals surface area contributed by atoms with Gasteiger partial charge in [-0.15, -0.1) is 0 Å². The second-order valence-corrected chi connectivity index (χ2v) is 3.83. The molecular weight excluding hydrogens is 196 g/mol. The summed E-state index contributed by atoms with van der Waals surface area (Å²) >= 11 is 0. The molecule has 0 saturated carbocycles. The van der Waals surface area contributed by atoms with Crippen molar-refractivity contribution in [3.63, 3.8) is 0 Å². The summed E-state index contributed by atoms with van der Waals surface area (Å²) in [6, 6.07) is 12.5. The fraction of sp³-hybridized carbons (Fsp3) is 0.214. The molecule has 0 atom stereocenters. The zero-order chi connectivity index (χ0) is 11.4. The van der Waals surface area contributed by atoms with Gasteiger partial charge in [-0.1, -0.05) is 30.3 Å². The van der Waals surface area contributed by atoms with Gasteiger partial charge >= 0.3 is 0 Å². The maximum Gasteiger partial charge on any atom is 0.0451 e. The van der Waals surface area contributed by atoms with Crippen molar-refractivity contribution in [2.75, 3.05) is 6.54 Å². The third-order valence-electron chi connectivity index (χ3n) is 2.73. The summed E-state index contributed by atoms with van der Waals surface area (Å²) in [5, 5.41) is 0. The first-order chi connectivity index (χ1) is 7.83. The fourth-order valence-corrected chi connectivity index (χ4v) is 1.93. The Morgan fingerprint density at radius 2 is 1.81 bits per heavy atom. The van der Waals surface area contributed by atoms with Crippen LogP contribution in [0.3, 0.4) is 0 Å². The maximum atomic E-state index is 5.63. The normalized spacial score (nSPS) is 10.4. The Bertz CT molecular complexity index is 478. The van der Waals surface area contributed by atoms with Gasteiger partial charge in [-0.05, 0) is 37.1 Å². The molecule has 0 unspecified atom stereocenters. The molecule has 1 aromatic heterocycles. The Hall–Kier alpha value is -1.67. The lowest BCUT2D eigenvalue weighted by molar-refractivity contribution is 0.970. The van der Waals surface area contributed by atoms with E-state index in [1.807, 2.05) is 19.2 Å². The summed E-state index contributed by atoms with van der Waals surface area (Å²) in [6.07, 6.45) is 2.73. The van der Waals surface area contributed by atoms with Gasteiger partial charge in [-0.3, -0.25) is 4.98 Å². The number of hydrogen-bond donors (Lipinski definition) is 1. The van der Waals surface area contributed by atoms with Crippen molar-refractivity contribution in [3.8, 4) is 11.1 Å². The van der Waals surface area contributed by atoms with Crippen LogP contribution in [-0.2, 0) is 6.42 Å². The molecule has 0 aliphatic carbocycles. The van der Waals surface area contributed by atoms with E-state index in [2.05, 4.69) is 35.3 Å². The predicted octanol–water partition coefficient (Wildman–Crippen LogP) is 2.56. The van der Waals surface area contributed by atoms with Gasteiger partial charge in [0.2, 0.25) is 0 Å². The van der Waals surface area contributed by atoms with Gasteiger partial charge < -0.3 is 5.73 Å². The van der Waals surface area contributed by atoms with E-state index in [1.165, 1.54) is 16.7 Å². The van der Waals surface area contributed by atoms with E-state index in [4.69, 9.17) is 5.73 Å². The summed E-state index contributed by atoms with van der Waals surface area (Å²) in [5.41, 5.74) is 10.4. The standard InChI is InChI=1S/C14H16N2/c1-11-13(7-4-10-16-11)14-6-3-2-5-12(14)8-9-15/h2-7,10H,8-9,15H2,1H3. The maximum absolute atomic E-state index is 5.63. The summed E-state index contributed by atoms with van der Waals surface area (Å²) < 4.78 is 0.